The summed E-state index contributed by atoms with van der Waals surface area (Å²) in [4.78, 5) is 11.9. The maximum Gasteiger partial charge on any atom is 0.407 e. The molecule has 1 aliphatic carbocycles. The van der Waals surface area contributed by atoms with Crippen molar-refractivity contribution < 1.29 is 14.3 Å². The number of carbonyl (C=O) groups is 1. The number of para-hydroxylation sites is 1. The number of hydrogen-bond acceptors (Lipinski definition) is 4. The standard InChI is InChI=1S/C21H26N2O3/c1-2-25-15-17-10-6-7-11-20(17)22-18-12-19(13-18)23-21(24)26-14-16-8-4-3-5-9-16/h3-11,18-19,22H,2,12-15H2,1H3,(H,23,24). The average Bonchev–Trinajstić information content (AvgIpc) is 2.64. The van der Waals surface area contributed by atoms with E-state index in [-0.39, 0.29) is 12.1 Å². The average molecular weight is 354 g/mol. The van der Waals surface area contributed by atoms with Crippen molar-refractivity contribution in [3.8, 4) is 0 Å². The van der Waals surface area contributed by atoms with E-state index >= 15 is 0 Å². The quantitative estimate of drug-likeness (QED) is 0.749. The lowest BCUT2D eigenvalue weighted by atomic mass is 9.86. The molecule has 0 heterocycles. The zero-order chi connectivity index (χ0) is 18.2. The van der Waals surface area contributed by atoms with Crippen LogP contribution in [0.15, 0.2) is 54.6 Å². The summed E-state index contributed by atoms with van der Waals surface area (Å²) in [6.45, 7) is 3.61. The van der Waals surface area contributed by atoms with E-state index < -0.39 is 0 Å². The molecule has 0 atom stereocenters. The van der Waals surface area contributed by atoms with Gasteiger partial charge in [-0.2, -0.15) is 0 Å². The Bertz CT molecular complexity index is 699. The van der Waals surface area contributed by atoms with Crippen LogP contribution in [0.1, 0.15) is 30.9 Å². The SMILES string of the molecule is CCOCc1ccccc1NC1CC(NC(=O)OCc2ccccc2)C1. The molecular formula is C21H26N2O3. The molecule has 1 saturated carbocycles. The number of hydrogen-bond donors (Lipinski definition) is 2. The fourth-order valence-electron chi connectivity index (χ4n) is 3.00. The van der Waals surface area contributed by atoms with Crippen molar-refractivity contribution >= 4 is 11.8 Å². The number of carbonyl (C=O) groups excluding carboxylic acids is 1. The normalized spacial score (nSPS) is 18.7. The molecule has 26 heavy (non-hydrogen) atoms. The highest BCUT2D eigenvalue weighted by Gasteiger charge is 2.31. The van der Waals surface area contributed by atoms with Gasteiger partial charge in [-0.05, 0) is 31.4 Å². The van der Waals surface area contributed by atoms with Gasteiger partial charge in [0.2, 0.25) is 0 Å². The number of rotatable bonds is 8. The van der Waals surface area contributed by atoms with Gasteiger partial charge >= 0.3 is 6.09 Å². The number of alkyl carbamates (subject to hydrolysis) is 1. The first-order valence-electron chi connectivity index (χ1n) is 9.14. The Morgan fingerprint density at radius 1 is 1.00 bits per heavy atom. The Kier molecular flexibility index (Phi) is 6.50. The van der Waals surface area contributed by atoms with E-state index in [9.17, 15) is 4.79 Å². The van der Waals surface area contributed by atoms with E-state index in [0.29, 0.717) is 25.9 Å². The van der Waals surface area contributed by atoms with Crippen LogP contribution in [0.2, 0.25) is 0 Å². The minimum absolute atomic E-state index is 0.162. The molecule has 138 valence electrons. The van der Waals surface area contributed by atoms with Gasteiger partial charge in [-0.3, -0.25) is 0 Å². The van der Waals surface area contributed by atoms with Crippen molar-refractivity contribution in [1.29, 1.82) is 0 Å². The molecule has 0 bridgehead atoms. The summed E-state index contributed by atoms with van der Waals surface area (Å²) in [5.41, 5.74) is 3.26. The zero-order valence-corrected chi connectivity index (χ0v) is 15.1. The van der Waals surface area contributed by atoms with Crippen molar-refractivity contribution in [3.05, 3.63) is 65.7 Å². The Morgan fingerprint density at radius 2 is 1.73 bits per heavy atom. The topological polar surface area (TPSA) is 59.6 Å². The second kappa shape index (κ2) is 9.25. The van der Waals surface area contributed by atoms with Gasteiger partial charge in [0, 0.05) is 29.9 Å². The summed E-state index contributed by atoms with van der Waals surface area (Å²) in [7, 11) is 0. The summed E-state index contributed by atoms with van der Waals surface area (Å²) >= 11 is 0. The monoisotopic (exact) mass is 354 g/mol. The van der Waals surface area contributed by atoms with Gasteiger partial charge in [0.25, 0.3) is 0 Å². The second-order valence-corrected chi connectivity index (χ2v) is 6.51. The zero-order valence-electron chi connectivity index (χ0n) is 15.1. The van der Waals surface area contributed by atoms with E-state index in [1.807, 2.05) is 49.4 Å². The number of amides is 1. The largest absolute Gasteiger partial charge is 0.445 e. The summed E-state index contributed by atoms with van der Waals surface area (Å²) in [5, 5.41) is 6.47. The molecule has 2 aromatic rings. The molecule has 3 rings (SSSR count). The summed E-state index contributed by atoms with van der Waals surface area (Å²) in [6, 6.07) is 18.4. The van der Waals surface area contributed by atoms with Crippen LogP contribution in [0.25, 0.3) is 0 Å². The molecule has 2 aromatic carbocycles. The molecule has 0 radical (unpaired) electrons. The van der Waals surface area contributed by atoms with E-state index in [0.717, 1.165) is 29.7 Å². The highest BCUT2D eigenvalue weighted by molar-refractivity contribution is 5.68. The van der Waals surface area contributed by atoms with Gasteiger partial charge in [0.1, 0.15) is 6.61 Å². The summed E-state index contributed by atoms with van der Waals surface area (Å²) in [5.74, 6) is 0. The van der Waals surface area contributed by atoms with Crippen LogP contribution in [-0.2, 0) is 22.7 Å². The third kappa shape index (κ3) is 5.23. The molecule has 1 fully saturated rings. The van der Waals surface area contributed by atoms with Crippen LogP contribution < -0.4 is 10.6 Å². The van der Waals surface area contributed by atoms with Crippen molar-refractivity contribution in [1.82, 2.24) is 5.32 Å². The molecular weight excluding hydrogens is 328 g/mol. The van der Waals surface area contributed by atoms with E-state index in [2.05, 4.69) is 22.8 Å². The van der Waals surface area contributed by atoms with E-state index in [1.165, 1.54) is 0 Å². The van der Waals surface area contributed by atoms with Crippen LogP contribution in [0.5, 0.6) is 0 Å². The molecule has 5 heteroatoms. The maximum absolute atomic E-state index is 11.9. The van der Waals surface area contributed by atoms with Gasteiger partial charge in [-0.1, -0.05) is 48.5 Å². The Hall–Kier alpha value is -2.53. The lowest BCUT2D eigenvalue weighted by Gasteiger charge is -2.37. The van der Waals surface area contributed by atoms with Gasteiger partial charge in [-0.15, -0.1) is 0 Å². The summed E-state index contributed by atoms with van der Waals surface area (Å²) in [6.07, 6.45) is 1.43. The Morgan fingerprint density at radius 3 is 2.50 bits per heavy atom. The fourth-order valence-corrected chi connectivity index (χ4v) is 3.00. The highest BCUT2D eigenvalue weighted by Crippen LogP contribution is 2.26. The molecule has 5 nitrogen and oxygen atoms in total. The number of ether oxygens (including phenoxy) is 2. The molecule has 0 saturated heterocycles. The first-order valence-corrected chi connectivity index (χ1v) is 9.14. The van der Waals surface area contributed by atoms with Crippen molar-refractivity contribution in [2.45, 2.75) is 45.1 Å². The van der Waals surface area contributed by atoms with Crippen LogP contribution >= 0.6 is 0 Å². The first-order chi connectivity index (χ1) is 12.7. The third-order valence-electron chi connectivity index (χ3n) is 4.51. The van der Waals surface area contributed by atoms with E-state index in [1.54, 1.807) is 0 Å². The van der Waals surface area contributed by atoms with Gasteiger partial charge in [0.05, 0.1) is 6.61 Å². The Labute approximate surface area is 154 Å². The van der Waals surface area contributed by atoms with Crippen LogP contribution in [0.4, 0.5) is 10.5 Å². The molecule has 0 aliphatic heterocycles. The fraction of sp³-hybridized carbons (Fsp3) is 0.381. The lowest BCUT2D eigenvalue weighted by molar-refractivity contribution is 0.129. The van der Waals surface area contributed by atoms with Gasteiger partial charge in [-0.25, -0.2) is 4.79 Å². The minimum Gasteiger partial charge on any atom is -0.445 e. The number of anilines is 1. The Balaban J connectivity index is 1.38. The van der Waals surface area contributed by atoms with Crippen molar-refractivity contribution in [2.75, 3.05) is 11.9 Å². The molecule has 0 spiro atoms. The molecule has 2 N–H and O–H groups in total. The van der Waals surface area contributed by atoms with Crippen LogP contribution in [0, 0.1) is 0 Å². The molecule has 1 aliphatic rings. The predicted molar refractivity (Wildman–Crippen MR) is 102 cm³/mol. The number of benzene rings is 2. The molecule has 1 amide bonds. The summed E-state index contributed by atoms with van der Waals surface area (Å²) < 4.78 is 10.8. The third-order valence-corrected chi connectivity index (χ3v) is 4.51. The first kappa shape index (κ1) is 18.3. The number of nitrogens with one attached hydrogen (secondary N) is 2. The lowest BCUT2D eigenvalue weighted by Crippen LogP contribution is -2.49. The van der Waals surface area contributed by atoms with Crippen LogP contribution in [-0.4, -0.2) is 24.8 Å². The second-order valence-electron chi connectivity index (χ2n) is 6.51. The van der Waals surface area contributed by atoms with Crippen molar-refractivity contribution in [3.63, 3.8) is 0 Å². The minimum atomic E-state index is -0.353. The van der Waals surface area contributed by atoms with Gasteiger partial charge in [0.15, 0.2) is 0 Å². The highest BCUT2D eigenvalue weighted by atomic mass is 16.5. The maximum atomic E-state index is 11.9. The molecule has 0 aromatic heterocycles. The predicted octanol–water partition coefficient (Wildman–Crippen LogP) is 4.09. The van der Waals surface area contributed by atoms with Gasteiger partial charge < -0.3 is 20.1 Å². The molecule has 0 unspecified atom stereocenters. The van der Waals surface area contributed by atoms with E-state index in [4.69, 9.17) is 9.47 Å². The van der Waals surface area contributed by atoms with Crippen molar-refractivity contribution in [2.24, 2.45) is 0 Å². The smallest absolute Gasteiger partial charge is 0.407 e. The van der Waals surface area contributed by atoms with Crippen LogP contribution in [0.3, 0.4) is 0 Å².